The Kier molecular flexibility index (Phi) is 4.02. The molecule has 3 aromatic rings. The molecule has 0 aliphatic carbocycles. The lowest BCUT2D eigenvalue weighted by molar-refractivity contribution is 0.102. The number of hydrogen-bond donors (Lipinski definition) is 2. The van der Waals surface area contributed by atoms with Crippen LogP contribution in [0.2, 0.25) is 0 Å². The highest BCUT2D eigenvalue weighted by molar-refractivity contribution is 7.98. The van der Waals surface area contributed by atoms with Crippen LogP contribution in [0, 0.1) is 0 Å². The molecular formula is C18H15NO2S. The van der Waals surface area contributed by atoms with Crippen LogP contribution in [0.1, 0.15) is 10.4 Å². The topological polar surface area (TPSA) is 49.3 Å². The highest BCUT2D eigenvalue weighted by Gasteiger charge is 2.07. The number of nitrogens with one attached hydrogen (secondary N) is 1. The molecule has 3 rings (SSSR count). The van der Waals surface area contributed by atoms with E-state index in [4.69, 9.17) is 0 Å². The molecule has 0 aromatic heterocycles. The molecule has 110 valence electrons. The van der Waals surface area contributed by atoms with Crippen molar-refractivity contribution in [3.63, 3.8) is 0 Å². The smallest absolute Gasteiger partial charge is 0.255 e. The Bertz CT molecular complexity index is 828. The fraction of sp³-hybridized carbons (Fsp3) is 0.0556. The lowest BCUT2D eigenvalue weighted by atomic mass is 10.1. The lowest BCUT2D eigenvalue weighted by Crippen LogP contribution is -2.11. The highest BCUT2D eigenvalue weighted by Crippen LogP contribution is 2.22. The van der Waals surface area contributed by atoms with Crippen molar-refractivity contribution in [3.8, 4) is 5.75 Å². The zero-order valence-electron chi connectivity index (χ0n) is 12.0. The van der Waals surface area contributed by atoms with Crippen molar-refractivity contribution in [2.24, 2.45) is 0 Å². The molecular weight excluding hydrogens is 294 g/mol. The van der Waals surface area contributed by atoms with Crippen LogP contribution in [0.3, 0.4) is 0 Å². The van der Waals surface area contributed by atoms with Crippen molar-refractivity contribution in [1.29, 1.82) is 0 Å². The molecule has 0 atom stereocenters. The van der Waals surface area contributed by atoms with Gasteiger partial charge < -0.3 is 10.4 Å². The molecule has 0 aliphatic heterocycles. The minimum Gasteiger partial charge on any atom is -0.508 e. The number of carbonyl (C=O) groups excluding carboxylic acids is 1. The first-order chi connectivity index (χ1) is 10.7. The Morgan fingerprint density at radius 3 is 2.36 bits per heavy atom. The average molecular weight is 309 g/mol. The fourth-order valence-corrected chi connectivity index (χ4v) is 2.66. The van der Waals surface area contributed by atoms with Crippen molar-refractivity contribution in [1.82, 2.24) is 0 Å². The van der Waals surface area contributed by atoms with Crippen LogP contribution in [0.5, 0.6) is 5.75 Å². The molecule has 0 saturated heterocycles. The number of anilines is 1. The number of phenolic OH excluding ortho intramolecular Hbond substituents is 1. The molecule has 22 heavy (non-hydrogen) atoms. The van der Waals surface area contributed by atoms with Gasteiger partial charge in [-0.2, -0.15) is 0 Å². The summed E-state index contributed by atoms with van der Waals surface area (Å²) >= 11 is 1.66. The molecule has 0 bridgehead atoms. The van der Waals surface area contributed by atoms with E-state index in [0.29, 0.717) is 5.56 Å². The van der Waals surface area contributed by atoms with Gasteiger partial charge in [0, 0.05) is 16.1 Å². The number of amides is 1. The van der Waals surface area contributed by atoms with Crippen LogP contribution in [0.4, 0.5) is 5.69 Å². The maximum Gasteiger partial charge on any atom is 0.255 e. The first kappa shape index (κ1) is 14.5. The molecule has 0 aliphatic rings. The lowest BCUT2D eigenvalue weighted by Gasteiger charge is -2.07. The molecule has 0 unspecified atom stereocenters. The van der Waals surface area contributed by atoms with E-state index < -0.39 is 0 Å². The normalized spacial score (nSPS) is 10.6. The van der Waals surface area contributed by atoms with Gasteiger partial charge in [0.15, 0.2) is 0 Å². The van der Waals surface area contributed by atoms with E-state index >= 15 is 0 Å². The molecule has 0 heterocycles. The molecule has 3 aromatic carbocycles. The molecule has 0 saturated carbocycles. The van der Waals surface area contributed by atoms with Crippen molar-refractivity contribution >= 4 is 34.1 Å². The van der Waals surface area contributed by atoms with Gasteiger partial charge in [-0.15, -0.1) is 11.8 Å². The average Bonchev–Trinajstić information content (AvgIpc) is 2.55. The van der Waals surface area contributed by atoms with Crippen LogP contribution >= 0.6 is 11.8 Å². The van der Waals surface area contributed by atoms with Crippen LogP contribution in [-0.2, 0) is 0 Å². The van der Waals surface area contributed by atoms with Gasteiger partial charge >= 0.3 is 0 Å². The minimum atomic E-state index is -0.146. The predicted molar refractivity (Wildman–Crippen MR) is 91.8 cm³/mol. The predicted octanol–water partition coefficient (Wildman–Crippen LogP) is 4.52. The van der Waals surface area contributed by atoms with Crippen molar-refractivity contribution in [2.75, 3.05) is 11.6 Å². The van der Waals surface area contributed by atoms with Gasteiger partial charge in [-0.05, 0) is 65.6 Å². The Morgan fingerprint density at radius 2 is 1.64 bits per heavy atom. The summed E-state index contributed by atoms with van der Waals surface area (Å²) in [6.45, 7) is 0. The largest absolute Gasteiger partial charge is 0.508 e. The number of fused-ring (bicyclic) bond motifs is 1. The summed E-state index contributed by atoms with van der Waals surface area (Å²) in [4.78, 5) is 13.5. The third kappa shape index (κ3) is 3.07. The van der Waals surface area contributed by atoms with Gasteiger partial charge in [-0.3, -0.25) is 4.79 Å². The SMILES string of the molecule is CSc1ccc(NC(=O)c2ccc3cc(O)ccc3c2)cc1. The third-order valence-corrected chi connectivity index (χ3v) is 4.18. The summed E-state index contributed by atoms with van der Waals surface area (Å²) in [5, 5.41) is 14.2. The maximum atomic E-state index is 12.3. The number of hydrogen-bond acceptors (Lipinski definition) is 3. The second kappa shape index (κ2) is 6.12. The van der Waals surface area contributed by atoms with E-state index in [1.165, 1.54) is 0 Å². The number of carbonyl (C=O) groups is 1. The quantitative estimate of drug-likeness (QED) is 0.699. The van der Waals surface area contributed by atoms with Gasteiger partial charge in [-0.25, -0.2) is 0 Å². The van der Waals surface area contributed by atoms with Crippen LogP contribution in [0.25, 0.3) is 10.8 Å². The molecule has 0 fully saturated rings. The van der Waals surface area contributed by atoms with Crippen molar-refractivity contribution < 1.29 is 9.90 Å². The fourth-order valence-electron chi connectivity index (χ4n) is 2.25. The van der Waals surface area contributed by atoms with E-state index in [2.05, 4.69) is 5.32 Å². The van der Waals surface area contributed by atoms with E-state index in [1.807, 2.05) is 42.7 Å². The van der Waals surface area contributed by atoms with Gasteiger partial charge in [0.25, 0.3) is 5.91 Å². The minimum absolute atomic E-state index is 0.146. The van der Waals surface area contributed by atoms with Gasteiger partial charge in [0.05, 0.1) is 0 Å². The Balaban J connectivity index is 1.83. The zero-order valence-corrected chi connectivity index (χ0v) is 12.9. The summed E-state index contributed by atoms with van der Waals surface area (Å²) in [5.41, 5.74) is 1.36. The van der Waals surface area contributed by atoms with Crippen LogP contribution in [0.15, 0.2) is 65.6 Å². The second-order valence-corrected chi connectivity index (χ2v) is 5.81. The maximum absolute atomic E-state index is 12.3. The Labute approximate surface area is 133 Å². The first-order valence-corrected chi connectivity index (χ1v) is 8.06. The summed E-state index contributed by atoms with van der Waals surface area (Å²) in [6, 6.07) is 18.2. The van der Waals surface area contributed by atoms with E-state index in [1.54, 1.807) is 36.0 Å². The first-order valence-electron chi connectivity index (χ1n) is 6.84. The van der Waals surface area contributed by atoms with Crippen molar-refractivity contribution in [3.05, 3.63) is 66.2 Å². The standard InChI is InChI=1S/C18H15NO2S/c1-22-17-8-5-15(6-9-17)19-18(21)14-3-2-13-11-16(20)7-4-12(13)10-14/h2-11,20H,1H3,(H,19,21). The van der Waals surface area contributed by atoms with E-state index in [-0.39, 0.29) is 11.7 Å². The third-order valence-electron chi connectivity index (χ3n) is 3.43. The van der Waals surface area contributed by atoms with Crippen LogP contribution < -0.4 is 5.32 Å². The van der Waals surface area contributed by atoms with Gasteiger partial charge in [0.2, 0.25) is 0 Å². The molecule has 0 radical (unpaired) electrons. The Hall–Kier alpha value is -2.46. The monoisotopic (exact) mass is 309 g/mol. The number of thioether (sulfide) groups is 1. The number of benzene rings is 3. The Morgan fingerprint density at radius 1 is 0.955 bits per heavy atom. The molecule has 0 spiro atoms. The summed E-state index contributed by atoms with van der Waals surface area (Å²) in [5.74, 6) is 0.0745. The summed E-state index contributed by atoms with van der Waals surface area (Å²) in [6.07, 6.45) is 2.01. The summed E-state index contributed by atoms with van der Waals surface area (Å²) in [7, 11) is 0. The van der Waals surface area contributed by atoms with Gasteiger partial charge in [0.1, 0.15) is 5.75 Å². The molecule has 4 heteroatoms. The zero-order chi connectivity index (χ0) is 15.5. The van der Waals surface area contributed by atoms with Crippen molar-refractivity contribution in [2.45, 2.75) is 4.90 Å². The number of phenols is 1. The summed E-state index contributed by atoms with van der Waals surface area (Å²) < 4.78 is 0. The second-order valence-electron chi connectivity index (χ2n) is 4.93. The van der Waals surface area contributed by atoms with Crippen LogP contribution in [-0.4, -0.2) is 17.3 Å². The number of rotatable bonds is 3. The van der Waals surface area contributed by atoms with Gasteiger partial charge in [-0.1, -0.05) is 12.1 Å². The molecule has 2 N–H and O–H groups in total. The molecule has 3 nitrogen and oxygen atoms in total. The number of aromatic hydroxyl groups is 1. The highest BCUT2D eigenvalue weighted by atomic mass is 32.2. The molecule has 1 amide bonds. The van der Waals surface area contributed by atoms with E-state index in [9.17, 15) is 9.90 Å². The van der Waals surface area contributed by atoms with E-state index in [0.717, 1.165) is 21.4 Å².